The van der Waals surface area contributed by atoms with Gasteiger partial charge in [-0.15, -0.1) is 0 Å². The first-order valence-electron chi connectivity index (χ1n) is 12.3. The van der Waals surface area contributed by atoms with Gasteiger partial charge in [0.05, 0.1) is 36.6 Å². The number of ether oxygens (including phenoxy) is 2. The molecule has 7 nitrogen and oxygen atoms in total. The Morgan fingerprint density at radius 3 is 2.63 bits per heavy atom. The van der Waals surface area contributed by atoms with E-state index in [1.54, 1.807) is 0 Å². The summed E-state index contributed by atoms with van der Waals surface area (Å²) in [5.41, 5.74) is 1.63. The fourth-order valence-electron chi connectivity index (χ4n) is 4.31. The third kappa shape index (κ3) is 7.35. The highest BCUT2D eigenvalue weighted by Gasteiger charge is 2.43. The van der Waals surface area contributed by atoms with Gasteiger partial charge < -0.3 is 22.9 Å². The van der Waals surface area contributed by atoms with E-state index in [2.05, 4.69) is 19.9 Å². The van der Waals surface area contributed by atoms with Crippen molar-refractivity contribution in [3.63, 3.8) is 0 Å². The maximum absolute atomic E-state index is 12.3. The molecular weight excluding hydrogens is 465 g/mol. The van der Waals surface area contributed by atoms with Gasteiger partial charge in [0, 0.05) is 30.0 Å². The van der Waals surface area contributed by atoms with Crippen molar-refractivity contribution < 1.29 is 22.9 Å². The standard InChI is InChI=1S/C27H38NO6P/c1-8-22(21-15-25(29)32-23-14-17(2)10-11-20(21)23)34-35(13-9-12-28)30-16-24-26(33-27(5,6)7)18(3)19(4)31-24/h10-11,14-15,18-19,22,24,26H,8-9,13,16H2,1-7H3/t18-,19+,22?,24-,26?,35?/m1/s1. The molecule has 2 aromatic rings. The van der Waals surface area contributed by atoms with Crippen LogP contribution in [0, 0.1) is 24.2 Å². The summed E-state index contributed by atoms with van der Waals surface area (Å²) in [6.07, 6.45) is 0.823. The number of hydrogen-bond donors (Lipinski definition) is 0. The van der Waals surface area contributed by atoms with Gasteiger partial charge in [0.1, 0.15) is 11.7 Å². The fraction of sp³-hybridized carbons (Fsp3) is 0.630. The second-order valence-corrected chi connectivity index (χ2v) is 11.8. The smallest absolute Gasteiger partial charge is 0.336 e. The van der Waals surface area contributed by atoms with Gasteiger partial charge in [0.2, 0.25) is 0 Å². The van der Waals surface area contributed by atoms with E-state index < -0.39 is 14.0 Å². The molecule has 3 rings (SSSR count). The summed E-state index contributed by atoms with van der Waals surface area (Å²) >= 11 is 0. The molecule has 35 heavy (non-hydrogen) atoms. The predicted molar refractivity (Wildman–Crippen MR) is 137 cm³/mol. The zero-order valence-electron chi connectivity index (χ0n) is 21.9. The lowest BCUT2D eigenvalue weighted by Crippen LogP contribution is -2.38. The van der Waals surface area contributed by atoms with Crippen LogP contribution < -0.4 is 5.63 Å². The quantitative estimate of drug-likeness (QED) is 0.273. The van der Waals surface area contributed by atoms with Crippen LogP contribution in [0.5, 0.6) is 0 Å². The predicted octanol–water partition coefficient (Wildman–Crippen LogP) is 6.42. The van der Waals surface area contributed by atoms with Gasteiger partial charge in [0.25, 0.3) is 0 Å². The number of hydrogen-bond acceptors (Lipinski definition) is 7. The molecule has 0 aliphatic carbocycles. The molecule has 0 spiro atoms. The van der Waals surface area contributed by atoms with E-state index in [4.69, 9.17) is 22.9 Å². The molecule has 1 fully saturated rings. The number of fused-ring (bicyclic) bond motifs is 1. The second-order valence-electron chi connectivity index (χ2n) is 10.2. The summed E-state index contributed by atoms with van der Waals surface area (Å²) in [6.45, 7) is 14.6. The molecule has 1 aromatic carbocycles. The third-order valence-electron chi connectivity index (χ3n) is 6.19. The first-order valence-corrected chi connectivity index (χ1v) is 13.7. The number of benzene rings is 1. The van der Waals surface area contributed by atoms with Crippen LogP contribution in [-0.2, 0) is 18.5 Å². The van der Waals surface area contributed by atoms with Crippen LogP contribution in [0.1, 0.15) is 71.6 Å². The average molecular weight is 504 g/mol. The molecule has 1 saturated heterocycles. The highest BCUT2D eigenvalue weighted by Crippen LogP contribution is 2.47. The topological polar surface area (TPSA) is 90.9 Å². The van der Waals surface area contributed by atoms with E-state index >= 15 is 0 Å². The van der Waals surface area contributed by atoms with Gasteiger partial charge in [-0.2, -0.15) is 5.26 Å². The molecule has 1 aromatic heterocycles. The Bertz CT molecular complexity index is 1090. The van der Waals surface area contributed by atoms with Crippen molar-refractivity contribution in [2.75, 3.05) is 12.8 Å². The Kier molecular flexibility index (Phi) is 9.48. The highest BCUT2D eigenvalue weighted by molar-refractivity contribution is 7.47. The fourth-order valence-corrected chi connectivity index (χ4v) is 5.75. The SMILES string of the molecule is CCC(OP(CCC#N)OC[C@H]1O[C@@H](C)[C@@H](C)C1OC(C)(C)C)c1cc(=O)oc2cc(C)ccc12. The molecule has 2 heterocycles. The normalized spacial score (nSPS) is 24.4. The average Bonchev–Trinajstić information content (AvgIpc) is 3.04. The summed E-state index contributed by atoms with van der Waals surface area (Å²) in [5, 5.41) is 10.0. The molecule has 192 valence electrons. The van der Waals surface area contributed by atoms with Crippen LogP contribution in [0.15, 0.2) is 33.5 Å². The van der Waals surface area contributed by atoms with Crippen LogP contribution in [0.3, 0.4) is 0 Å². The van der Waals surface area contributed by atoms with Crippen LogP contribution in [0.25, 0.3) is 11.0 Å². The Morgan fingerprint density at radius 2 is 1.97 bits per heavy atom. The van der Waals surface area contributed by atoms with Gasteiger partial charge in [-0.1, -0.05) is 26.0 Å². The van der Waals surface area contributed by atoms with Crippen LogP contribution in [0.2, 0.25) is 0 Å². The molecule has 0 radical (unpaired) electrons. The van der Waals surface area contributed by atoms with Gasteiger partial charge in [0.15, 0.2) is 8.38 Å². The Hall–Kier alpha value is -1.81. The zero-order chi connectivity index (χ0) is 25.8. The molecule has 0 bridgehead atoms. The summed E-state index contributed by atoms with van der Waals surface area (Å²) < 4.78 is 30.6. The number of rotatable bonds is 10. The van der Waals surface area contributed by atoms with E-state index in [-0.39, 0.29) is 35.9 Å². The van der Waals surface area contributed by atoms with Crippen LogP contribution in [0.4, 0.5) is 0 Å². The molecular formula is C27H38NO6P. The van der Waals surface area contributed by atoms with E-state index in [9.17, 15) is 10.1 Å². The minimum atomic E-state index is -1.39. The van der Waals surface area contributed by atoms with Crippen molar-refractivity contribution in [1.29, 1.82) is 5.26 Å². The second kappa shape index (κ2) is 12.0. The molecule has 0 N–H and O–H groups in total. The van der Waals surface area contributed by atoms with Crippen LogP contribution in [-0.4, -0.2) is 36.7 Å². The molecule has 3 unspecified atom stereocenters. The van der Waals surface area contributed by atoms with Gasteiger partial charge >= 0.3 is 5.63 Å². The summed E-state index contributed by atoms with van der Waals surface area (Å²) in [5.74, 6) is 0.232. The number of aryl methyl sites for hydroxylation is 1. The van der Waals surface area contributed by atoms with Gasteiger partial charge in [-0.05, 0) is 58.2 Å². The van der Waals surface area contributed by atoms with E-state index in [0.29, 0.717) is 31.2 Å². The summed E-state index contributed by atoms with van der Waals surface area (Å²) in [4.78, 5) is 12.3. The molecule has 6 atom stereocenters. The Balaban J connectivity index is 1.79. The minimum Gasteiger partial charge on any atom is -0.423 e. The Labute approximate surface area is 209 Å². The first kappa shape index (κ1) is 27.8. The lowest BCUT2D eigenvalue weighted by atomic mass is 9.98. The van der Waals surface area contributed by atoms with Crippen molar-refractivity contribution in [3.05, 3.63) is 45.8 Å². The summed E-state index contributed by atoms with van der Waals surface area (Å²) in [7, 11) is -1.39. The molecule has 1 aliphatic heterocycles. The summed E-state index contributed by atoms with van der Waals surface area (Å²) in [6, 6.07) is 9.49. The van der Waals surface area contributed by atoms with E-state index in [0.717, 1.165) is 16.5 Å². The molecule has 0 saturated carbocycles. The van der Waals surface area contributed by atoms with Crippen molar-refractivity contribution >= 4 is 19.3 Å². The van der Waals surface area contributed by atoms with Crippen molar-refractivity contribution in [2.45, 2.75) is 91.3 Å². The molecule has 8 heteroatoms. The van der Waals surface area contributed by atoms with Gasteiger partial charge in [-0.3, -0.25) is 0 Å². The van der Waals surface area contributed by atoms with E-state index in [1.165, 1.54) is 6.07 Å². The third-order valence-corrected chi connectivity index (χ3v) is 7.70. The van der Waals surface area contributed by atoms with Crippen LogP contribution >= 0.6 is 8.38 Å². The maximum Gasteiger partial charge on any atom is 0.336 e. The highest BCUT2D eigenvalue weighted by atomic mass is 31.2. The van der Waals surface area contributed by atoms with Crippen molar-refractivity contribution in [3.8, 4) is 6.07 Å². The Morgan fingerprint density at radius 1 is 1.23 bits per heavy atom. The van der Waals surface area contributed by atoms with E-state index in [1.807, 2.05) is 52.8 Å². The minimum absolute atomic E-state index is 0.0592. The number of nitrogens with zero attached hydrogens (tertiary/aromatic N) is 1. The number of nitriles is 1. The monoisotopic (exact) mass is 503 g/mol. The molecule has 0 amide bonds. The maximum atomic E-state index is 12.3. The largest absolute Gasteiger partial charge is 0.423 e. The van der Waals surface area contributed by atoms with Crippen molar-refractivity contribution in [2.24, 2.45) is 5.92 Å². The molecule has 1 aliphatic rings. The zero-order valence-corrected chi connectivity index (χ0v) is 22.8. The lowest BCUT2D eigenvalue weighted by Gasteiger charge is -2.31. The first-order chi connectivity index (χ1) is 16.5. The van der Waals surface area contributed by atoms with Gasteiger partial charge in [-0.25, -0.2) is 4.79 Å². The lowest BCUT2D eigenvalue weighted by molar-refractivity contribution is -0.105. The van der Waals surface area contributed by atoms with Crippen molar-refractivity contribution in [1.82, 2.24) is 0 Å².